The third-order valence-corrected chi connectivity index (χ3v) is 4.72. The first-order valence-corrected chi connectivity index (χ1v) is 8.40. The molecular weight excluding hydrogens is 326 g/mol. The molecule has 1 aliphatic heterocycles. The summed E-state index contributed by atoms with van der Waals surface area (Å²) in [5.74, 6) is 0.921. The molecule has 128 valence electrons. The highest BCUT2D eigenvalue weighted by Gasteiger charge is 2.28. The van der Waals surface area contributed by atoms with Crippen molar-refractivity contribution in [2.75, 3.05) is 31.5 Å². The Hall–Kier alpha value is -1.89. The minimum atomic E-state index is -0.0453. The number of anilines is 1. The molecule has 1 aromatic carbocycles. The van der Waals surface area contributed by atoms with Gasteiger partial charge in [0.25, 0.3) is 0 Å². The average molecular weight is 348 g/mol. The molecule has 2 N–H and O–H groups in total. The molecule has 1 aliphatic rings. The molecule has 0 saturated carbocycles. The third kappa shape index (κ3) is 3.77. The summed E-state index contributed by atoms with van der Waals surface area (Å²) < 4.78 is 2.00. The van der Waals surface area contributed by atoms with E-state index in [9.17, 15) is 4.79 Å². The molecule has 1 atom stereocenters. The Labute approximate surface area is 146 Å². The van der Waals surface area contributed by atoms with E-state index in [2.05, 4.69) is 20.5 Å². The van der Waals surface area contributed by atoms with Gasteiger partial charge in [-0.1, -0.05) is 17.7 Å². The van der Waals surface area contributed by atoms with E-state index in [1.54, 1.807) is 12.3 Å². The maximum Gasteiger partial charge on any atom is 0.238 e. The van der Waals surface area contributed by atoms with Crippen molar-refractivity contribution in [3.8, 4) is 0 Å². The molecule has 24 heavy (non-hydrogen) atoms. The van der Waals surface area contributed by atoms with Crippen LogP contribution >= 0.6 is 11.6 Å². The summed E-state index contributed by atoms with van der Waals surface area (Å²) >= 11 is 6.12. The number of carbonyl (C=O) groups is 1. The number of halogens is 1. The van der Waals surface area contributed by atoms with Crippen LogP contribution in [0.4, 0.5) is 5.69 Å². The molecule has 0 bridgehead atoms. The highest BCUT2D eigenvalue weighted by atomic mass is 35.5. The SMILES string of the molecule is Cc1ccc(NC(=O)CN2CCNCC2c2nccn2C)cc1Cl. The quantitative estimate of drug-likeness (QED) is 0.887. The van der Waals surface area contributed by atoms with Crippen molar-refractivity contribution in [2.24, 2.45) is 7.05 Å². The zero-order valence-corrected chi connectivity index (χ0v) is 14.7. The van der Waals surface area contributed by atoms with Gasteiger partial charge >= 0.3 is 0 Å². The van der Waals surface area contributed by atoms with Crippen LogP contribution in [0.25, 0.3) is 0 Å². The first-order valence-electron chi connectivity index (χ1n) is 8.02. The zero-order valence-electron chi connectivity index (χ0n) is 13.9. The van der Waals surface area contributed by atoms with Crippen LogP contribution in [-0.4, -0.2) is 46.5 Å². The fourth-order valence-corrected chi connectivity index (χ4v) is 3.12. The maximum absolute atomic E-state index is 12.4. The molecule has 0 radical (unpaired) electrons. The molecule has 6 nitrogen and oxygen atoms in total. The van der Waals surface area contributed by atoms with Crippen molar-refractivity contribution in [1.29, 1.82) is 0 Å². The van der Waals surface area contributed by atoms with Crippen molar-refractivity contribution in [3.63, 3.8) is 0 Å². The van der Waals surface area contributed by atoms with Gasteiger partial charge in [-0.3, -0.25) is 9.69 Å². The van der Waals surface area contributed by atoms with Crippen LogP contribution < -0.4 is 10.6 Å². The van der Waals surface area contributed by atoms with E-state index in [4.69, 9.17) is 11.6 Å². The lowest BCUT2D eigenvalue weighted by molar-refractivity contribution is -0.118. The van der Waals surface area contributed by atoms with Crippen molar-refractivity contribution >= 4 is 23.2 Å². The number of benzene rings is 1. The number of hydrogen-bond donors (Lipinski definition) is 2. The highest BCUT2D eigenvalue weighted by Crippen LogP contribution is 2.22. The number of amides is 1. The molecule has 1 fully saturated rings. The minimum absolute atomic E-state index is 0.0453. The Kier molecular flexibility index (Phi) is 5.18. The van der Waals surface area contributed by atoms with Crippen LogP contribution in [0.2, 0.25) is 5.02 Å². The van der Waals surface area contributed by atoms with Gasteiger partial charge in [0.2, 0.25) is 5.91 Å². The van der Waals surface area contributed by atoms with Gasteiger partial charge in [-0.2, -0.15) is 0 Å². The maximum atomic E-state index is 12.4. The van der Waals surface area contributed by atoms with Gasteiger partial charge in [0.15, 0.2) is 0 Å². The second-order valence-corrected chi connectivity index (χ2v) is 6.51. The fraction of sp³-hybridized carbons (Fsp3) is 0.412. The van der Waals surface area contributed by atoms with Crippen molar-refractivity contribution in [3.05, 3.63) is 47.0 Å². The average Bonchev–Trinajstić information content (AvgIpc) is 2.97. The predicted octanol–water partition coefficient (Wildman–Crippen LogP) is 1.97. The molecular formula is C17H22ClN5O. The van der Waals surface area contributed by atoms with Crippen molar-refractivity contribution in [2.45, 2.75) is 13.0 Å². The van der Waals surface area contributed by atoms with Gasteiger partial charge in [-0.25, -0.2) is 4.98 Å². The highest BCUT2D eigenvalue weighted by molar-refractivity contribution is 6.31. The van der Waals surface area contributed by atoms with Gasteiger partial charge in [-0.05, 0) is 24.6 Å². The largest absolute Gasteiger partial charge is 0.337 e. The normalized spacial score (nSPS) is 18.5. The summed E-state index contributed by atoms with van der Waals surface area (Å²) in [7, 11) is 1.98. The Bertz CT molecular complexity index is 730. The molecule has 3 rings (SSSR count). The number of rotatable bonds is 4. The van der Waals surface area contributed by atoms with Gasteiger partial charge in [-0.15, -0.1) is 0 Å². The molecule has 0 aliphatic carbocycles. The van der Waals surface area contributed by atoms with Gasteiger partial charge < -0.3 is 15.2 Å². The molecule has 2 heterocycles. The summed E-state index contributed by atoms with van der Waals surface area (Å²) in [6.07, 6.45) is 3.72. The number of aryl methyl sites for hydroxylation is 2. The van der Waals surface area contributed by atoms with Crippen LogP contribution in [0.3, 0.4) is 0 Å². The standard InChI is InChI=1S/C17H22ClN5O/c1-12-3-4-13(9-14(12)18)21-16(24)11-23-8-5-19-10-15(23)17-20-6-7-22(17)2/h3-4,6-7,9,15,19H,5,8,10-11H2,1-2H3,(H,21,24). The van der Waals surface area contributed by atoms with E-state index in [1.807, 2.05) is 36.9 Å². The van der Waals surface area contributed by atoms with Crippen LogP contribution in [0, 0.1) is 6.92 Å². The number of piperazine rings is 1. The molecule has 1 unspecified atom stereocenters. The van der Waals surface area contributed by atoms with Crippen molar-refractivity contribution < 1.29 is 4.79 Å². The smallest absolute Gasteiger partial charge is 0.238 e. The second-order valence-electron chi connectivity index (χ2n) is 6.10. The molecule has 1 saturated heterocycles. The molecule has 1 amide bonds. The summed E-state index contributed by atoms with van der Waals surface area (Å²) in [6, 6.07) is 5.64. The topological polar surface area (TPSA) is 62.2 Å². The van der Waals surface area contributed by atoms with Gasteiger partial charge in [0.1, 0.15) is 5.82 Å². The molecule has 7 heteroatoms. The van der Waals surface area contributed by atoms with E-state index < -0.39 is 0 Å². The van der Waals surface area contributed by atoms with Crippen LogP contribution in [0.5, 0.6) is 0 Å². The Morgan fingerprint density at radius 1 is 1.50 bits per heavy atom. The van der Waals surface area contributed by atoms with Gasteiger partial charge in [0, 0.05) is 49.8 Å². The number of hydrogen-bond acceptors (Lipinski definition) is 4. The first kappa shape index (κ1) is 17.0. The second kappa shape index (κ2) is 7.34. The van der Waals surface area contributed by atoms with Crippen LogP contribution in [-0.2, 0) is 11.8 Å². The van der Waals surface area contributed by atoms with E-state index in [0.717, 1.165) is 36.7 Å². The Morgan fingerprint density at radius 2 is 2.33 bits per heavy atom. The third-order valence-electron chi connectivity index (χ3n) is 4.31. The summed E-state index contributed by atoms with van der Waals surface area (Å²) in [5.41, 5.74) is 1.71. The Morgan fingerprint density at radius 3 is 3.04 bits per heavy atom. The first-order chi connectivity index (χ1) is 11.5. The van der Waals surface area contributed by atoms with E-state index in [-0.39, 0.29) is 11.9 Å². The monoisotopic (exact) mass is 347 g/mol. The number of nitrogens with zero attached hydrogens (tertiary/aromatic N) is 3. The number of nitrogens with one attached hydrogen (secondary N) is 2. The van der Waals surface area contributed by atoms with E-state index >= 15 is 0 Å². The minimum Gasteiger partial charge on any atom is -0.337 e. The Balaban J connectivity index is 1.67. The van der Waals surface area contributed by atoms with Crippen molar-refractivity contribution in [1.82, 2.24) is 19.8 Å². The lowest BCUT2D eigenvalue weighted by Gasteiger charge is -2.35. The number of carbonyl (C=O) groups excluding carboxylic acids is 1. The van der Waals surface area contributed by atoms with Crippen LogP contribution in [0.1, 0.15) is 17.4 Å². The number of imidazole rings is 1. The van der Waals surface area contributed by atoms with E-state index in [0.29, 0.717) is 11.6 Å². The van der Waals surface area contributed by atoms with E-state index in [1.165, 1.54) is 0 Å². The van der Waals surface area contributed by atoms with Crippen LogP contribution in [0.15, 0.2) is 30.6 Å². The predicted molar refractivity (Wildman–Crippen MR) is 95.2 cm³/mol. The lowest BCUT2D eigenvalue weighted by atomic mass is 10.1. The zero-order chi connectivity index (χ0) is 17.1. The van der Waals surface area contributed by atoms with Gasteiger partial charge in [0.05, 0.1) is 12.6 Å². The summed E-state index contributed by atoms with van der Waals surface area (Å²) in [5, 5.41) is 6.95. The molecule has 1 aromatic heterocycles. The summed E-state index contributed by atoms with van der Waals surface area (Å²) in [6.45, 7) is 4.72. The fourth-order valence-electron chi connectivity index (χ4n) is 2.94. The lowest BCUT2D eigenvalue weighted by Crippen LogP contribution is -2.49. The molecule has 0 spiro atoms. The number of aromatic nitrogens is 2. The molecule has 2 aromatic rings. The summed E-state index contributed by atoms with van der Waals surface area (Å²) in [4.78, 5) is 19.0.